The van der Waals surface area contributed by atoms with Gasteiger partial charge in [0.15, 0.2) is 0 Å². The van der Waals surface area contributed by atoms with E-state index in [0.29, 0.717) is 19.3 Å². The Bertz CT molecular complexity index is 956. The molecule has 0 aliphatic heterocycles. The molecule has 0 saturated heterocycles. The molecule has 2 aromatic carbocycles. The molecule has 30 heavy (non-hydrogen) atoms. The molecule has 3 unspecified atom stereocenters. The predicted molar refractivity (Wildman–Crippen MR) is 113 cm³/mol. The molecule has 1 aliphatic rings. The lowest BCUT2D eigenvalue weighted by Crippen LogP contribution is -2.48. The summed E-state index contributed by atoms with van der Waals surface area (Å²) in [4.78, 5) is 12.3. The Kier molecular flexibility index (Phi) is 7.12. The summed E-state index contributed by atoms with van der Waals surface area (Å²) in [5.74, 6) is -0.217. The molecule has 0 spiro atoms. The van der Waals surface area contributed by atoms with Crippen LogP contribution in [0.3, 0.4) is 0 Å². The van der Waals surface area contributed by atoms with Crippen LogP contribution in [0, 0.1) is 5.92 Å². The molecule has 0 amide bonds. The Hall–Kier alpha value is -2.42. The number of methoxy groups -OCH3 is 2. The van der Waals surface area contributed by atoms with E-state index < -0.39 is 28.1 Å². The molecule has 162 valence electrons. The molecule has 0 radical (unpaired) electrons. The van der Waals surface area contributed by atoms with Gasteiger partial charge in [-0.1, -0.05) is 30.7 Å². The lowest BCUT2D eigenvalue weighted by Gasteiger charge is -2.31. The van der Waals surface area contributed by atoms with Gasteiger partial charge in [-0.3, -0.25) is 4.79 Å². The molecule has 3 rings (SSSR count). The summed E-state index contributed by atoms with van der Waals surface area (Å²) in [7, 11) is -1.12. The second-order valence-electron chi connectivity index (χ2n) is 7.46. The van der Waals surface area contributed by atoms with Crippen molar-refractivity contribution in [3.63, 3.8) is 0 Å². The summed E-state index contributed by atoms with van der Waals surface area (Å²) in [5.41, 5.74) is 1.79. The molecule has 0 heterocycles. The van der Waals surface area contributed by atoms with Crippen LogP contribution in [0.2, 0.25) is 0 Å². The van der Waals surface area contributed by atoms with Gasteiger partial charge in [-0.2, -0.15) is 4.72 Å². The third-order valence-electron chi connectivity index (χ3n) is 5.48. The highest BCUT2D eigenvalue weighted by Gasteiger charge is 2.36. The van der Waals surface area contributed by atoms with Crippen LogP contribution in [0.15, 0.2) is 53.4 Å². The topological polar surface area (TPSA) is 102 Å². The zero-order chi connectivity index (χ0) is 21.7. The molecule has 1 fully saturated rings. The highest BCUT2D eigenvalue weighted by Crippen LogP contribution is 2.29. The predicted octanol–water partition coefficient (Wildman–Crippen LogP) is 2.73. The van der Waals surface area contributed by atoms with Crippen LogP contribution in [0.25, 0.3) is 11.1 Å². The number of carbonyl (C=O) groups excluding carboxylic acids is 1. The average Bonchev–Trinajstić information content (AvgIpc) is 2.77. The number of hydrogen-bond donors (Lipinski definition) is 2. The van der Waals surface area contributed by atoms with Gasteiger partial charge in [-0.05, 0) is 60.6 Å². The van der Waals surface area contributed by atoms with Gasteiger partial charge in [-0.15, -0.1) is 0 Å². The van der Waals surface area contributed by atoms with Crippen molar-refractivity contribution in [3.8, 4) is 16.9 Å². The van der Waals surface area contributed by atoms with Gasteiger partial charge in [0.2, 0.25) is 10.0 Å². The number of aliphatic hydroxyl groups excluding tert-OH is 1. The normalized spacial score (nSPS) is 20.4. The number of rotatable bonds is 7. The zero-order valence-corrected chi connectivity index (χ0v) is 17.9. The summed E-state index contributed by atoms with van der Waals surface area (Å²) in [6.45, 7) is 0. The summed E-state index contributed by atoms with van der Waals surface area (Å²) < 4.78 is 38.3. The fourth-order valence-corrected chi connectivity index (χ4v) is 5.07. The number of nitrogens with one attached hydrogen (secondary N) is 1. The van der Waals surface area contributed by atoms with Gasteiger partial charge < -0.3 is 14.6 Å². The maximum absolute atomic E-state index is 12.9. The Morgan fingerprint density at radius 3 is 2.17 bits per heavy atom. The van der Waals surface area contributed by atoms with Gasteiger partial charge in [0.05, 0.1) is 25.2 Å². The minimum Gasteiger partial charge on any atom is -0.497 e. The minimum absolute atomic E-state index is 0.0602. The lowest BCUT2D eigenvalue weighted by atomic mass is 9.83. The molecule has 2 N–H and O–H groups in total. The summed E-state index contributed by atoms with van der Waals surface area (Å²) in [5, 5.41) is 9.93. The SMILES string of the molecule is COC(=O)C(NS(=O)(=O)c1ccc(-c2ccc(OC)cc2)cc1)C1CCCC(O)C1. The quantitative estimate of drug-likeness (QED) is 0.651. The van der Waals surface area contributed by atoms with E-state index in [0.717, 1.165) is 23.3 Å². The molecule has 0 bridgehead atoms. The highest BCUT2D eigenvalue weighted by molar-refractivity contribution is 7.89. The van der Waals surface area contributed by atoms with Crippen molar-refractivity contribution in [2.75, 3.05) is 14.2 Å². The van der Waals surface area contributed by atoms with E-state index in [9.17, 15) is 18.3 Å². The summed E-state index contributed by atoms with van der Waals surface area (Å²) in [6, 6.07) is 12.9. The van der Waals surface area contributed by atoms with E-state index >= 15 is 0 Å². The molecular formula is C22H27NO6S. The second kappa shape index (κ2) is 9.59. The van der Waals surface area contributed by atoms with Crippen LogP contribution in [-0.2, 0) is 19.6 Å². The highest BCUT2D eigenvalue weighted by atomic mass is 32.2. The van der Waals surface area contributed by atoms with Crippen molar-refractivity contribution < 1.29 is 27.8 Å². The number of ether oxygens (including phenoxy) is 2. The standard InChI is InChI=1S/C22H27NO6S/c1-28-19-10-6-15(7-11-19)16-8-12-20(13-9-16)30(26,27)23-21(22(25)29-2)17-4-3-5-18(24)14-17/h6-13,17-18,21,23-24H,3-5,14H2,1-2H3. The van der Waals surface area contributed by atoms with Crippen LogP contribution in [0.4, 0.5) is 0 Å². The number of sulfonamides is 1. The number of hydrogen-bond acceptors (Lipinski definition) is 6. The van der Waals surface area contributed by atoms with Crippen LogP contribution in [0.1, 0.15) is 25.7 Å². The van der Waals surface area contributed by atoms with E-state index in [4.69, 9.17) is 9.47 Å². The number of esters is 1. The van der Waals surface area contributed by atoms with Crippen LogP contribution in [0.5, 0.6) is 5.75 Å². The van der Waals surface area contributed by atoms with Crippen molar-refractivity contribution in [1.82, 2.24) is 4.72 Å². The monoisotopic (exact) mass is 433 g/mol. The van der Waals surface area contributed by atoms with Crippen LogP contribution < -0.4 is 9.46 Å². The van der Waals surface area contributed by atoms with Crippen molar-refractivity contribution in [2.45, 2.75) is 42.7 Å². The Morgan fingerprint density at radius 2 is 1.63 bits per heavy atom. The summed E-state index contributed by atoms with van der Waals surface area (Å²) in [6.07, 6.45) is 1.86. The Balaban J connectivity index is 1.79. The van der Waals surface area contributed by atoms with Crippen molar-refractivity contribution in [3.05, 3.63) is 48.5 Å². The molecule has 3 atom stereocenters. The minimum atomic E-state index is -3.94. The van der Waals surface area contributed by atoms with E-state index in [-0.39, 0.29) is 10.8 Å². The molecule has 8 heteroatoms. The molecule has 0 aromatic heterocycles. The largest absolute Gasteiger partial charge is 0.497 e. The smallest absolute Gasteiger partial charge is 0.324 e. The van der Waals surface area contributed by atoms with Crippen LogP contribution in [-0.4, -0.2) is 45.9 Å². The molecular weight excluding hydrogens is 406 g/mol. The first-order chi connectivity index (χ1) is 14.3. The third kappa shape index (κ3) is 5.19. The fourth-order valence-electron chi connectivity index (χ4n) is 3.81. The lowest BCUT2D eigenvalue weighted by molar-refractivity contribution is -0.144. The van der Waals surface area contributed by atoms with Gasteiger partial charge >= 0.3 is 5.97 Å². The van der Waals surface area contributed by atoms with E-state index in [1.807, 2.05) is 24.3 Å². The van der Waals surface area contributed by atoms with Crippen LogP contribution >= 0.6 is 0 Å². The van der Waals surface area contributed by atoms with Gasteiger partial charge in [-0.25, -0.2) is 8.42 Å². The zero-order valence-electron chi connectivity index (χ0n) is 17.1. The van der Waals surface area contributed by atoms with E-state index in [2.05, 4.69) is 4.72 Å². The molecule has 1 saturated carbocycles. The van der Waals surface area contributed by atoms with Gasteiger partial charge in [0.25, 0.3) is 0 Å². The molecule has 1 aliphatic carbocycles. The first-order valence-electron chi connectivity index (χ1n) is 9.87. The number of benzene rings is 2. The first-order valence-corrected chi connectivity index (χ1v) is 11.3. The second-order valence-corrected chi connectivity index (χ2v) is 9.17. The molecule has 7 nitrogen and oxygen atoms in total. The average molecular weight is 434 g/mol. The van der Waals surface area contributed by atoms with Gasteiger partial charge in [0, 0.05) is 0 Å². The Labute approximate surface area is 177 Å². The Morgan fingerprint density at radius 1 is 1.03 bits per heavy atom. The fraction of sp³-hybridized carbons (Fsp3) is 0.409. The third-order valence-corrected chi connectivity index (χ3v) is 6.94. The van der Waals surface area contributed by atoms with E-state index in [1.54, 1.807) is 19.2 Å². The maximum atomic E-state index is 12.9. The van der Waals surface area contributed by atoms with Crippen molar-refractivity contribution >= 4 is 16.0 Å². The number of carbonyl (C=O) groups is 1. The van der Waals surface area contributed by atoms with Gasteiger partial charge in [0.1, 0.15) is 11.8 Å². The molecule has 2 aromatic rings. The van der Waals surface area contributed by atoms with Crippen molar-refractivity contribution in [2.24, 2.45) is 5.92 Å². The number of aliphatic hydroxyl groups is 1. The van der Waals surface area contributed by atoms with Crippen molar-refractivity contribution in [1.29, 1.82) is 0 Å². The first kappa shape index (κ1) is 22.3. The van der Waals surface area contributed by atoms with E-state index in [1.165, 1.54) is 19.2 Å². The maximum Gasteiger partial charge on any atom is 0.324 e. The summed E-state index contributed by atoms with van der Waals surface area (Å²) >= 11 is 0.